The first-order valence-corrected chi connectivity index (χ1v) is 5.83. The van der Waals surface area contributed by atoms with Crippen LogP contribution in [0.3, 0.4) is 0 Å². The van der Waals surface area contributed by atoms with Crippen LogP contribution in [0.2, 0.25) is 0 Å². The highest BCUT2D eigenvalue weighted by atomic mass is 32.2. The summed E-state index contributed by atoms with van der Waals surface area (Å²) in [4.78, 5) is 20.6. The second kappa shape index (κ2) is 4.63. The Morgan fingerprint density at radius 3 is 2.62 bits per heavy atom. The molecule has 1 N–H and O–H groups in total. The van der Waals surface area contributed by atoms with Gasteiger partial charge in [0.2, 0.25) is 0 Å². The molecule has 0 spiro atoms. The van der Waals surface area contributed by atoms with Gasteiger partial charge < -0.3 is 4.79 Å². The van der Waals surface area contributed by atoms with Crippen LogP contribution in [0, 0.1) is 10.1 Å². The van der Waals surface area contributed by atoms with Crippen LogP contribution < -0.4 is 5.32 Å². The first kappa shape index (κ1) is 11.1. The van der Waals surface area contributed by atoms with Gasteiger partial charge in [0.05, 0.1) is 16.3 Å². The van der Waals surface area contributed by atoms with Crippen LogP contribution in [0.4, 0.5) is 5.69 Å². The van der Waals surface area contributed by atoms with Crippen LogP contribution in [0.15, 0.2) is 24.3 Å². The third kappa shape index (κ3) is 2.23. The van der Waals surface area contributed by atoms with Crippen molar-refractivity contribution in [3.8, 4) is 0 Å². The molecule has 16 heavy (non-hydrogen) atoms. The lowest BCUT2D eigenvalue weighted by Crippen LogP contribution is -2.26. The van der Waals surface area contributed by atoms with Gasteiger partial charge >= 0.3 is 0 Å². The van der Waals surface area contributed by atoms with Gasteiger partial charge in [-0.15, -0.1) is 11.8 Å². The van der Waals surface area contributed by atoms with E-state index in [1.807, 2.05) is 0 Å². The molecule has 0 aliphatic carbocycles. The lowest BCUT2D eigenvalue weighted by molar-refractivity contribution is -0.384. The van der Waals surface area contributed by atoms with E-state index in [1.54, 1.807) is 23.9 Å². The number of rotatable bonds is 3. The molecule has 1 aliphatic heterocycles. The third-order valence-corrected chi connectivity index (χ3v) is 3.67. The Bertz CT molecular complexity index is 407. The predicted molar refractivity (Wildman–Crippen MR) is 61.3 cm³/mol. The molecule has 1 aromatic carbocycles. The smallest absolute Gasteiger partial charge is 0.269 e. The summed E-state index contributed by atoms with van der Waals surface area (Å²) in [5.74, 6) is 0.741. The van der Waals surface area contributed by atoms with Gasteiger partial charge in [-0.25, -0.2) is 0 Å². The molecule has 2 rings (SSSR count). The Labute approximate surface area is 96.4 Å². The summed E-state index contributed by atoms with van der Waals surface area (Å²) >= 11 is 1.63. The number of aldehydes is 1. The summed E-state index contributed by atoms with van der Waals surface area (Å²) in [7, 11) is 0. The lowest BCUT2D eigenvalue weighted by Gasteiger charge is -2.09. The van der Waals surface area contributed by atoms with Crippen LogP contribution in [0.1, 0.15) is 10.9 Å². The number of nitro benzene ring substituents is 1. The molecule has 0 amide bonds. The standard InChI is InChI=1S/C10H10N2O3S/c13-5-8-6-16-10(11-8)7-1-3-9(4-2-7)12(14)15/h1-5,8,10-11H,6H2. The molecule has 0 aromatic heterocycles. The topological polar surface area (TPSA) is 72.2 Å². The second-order valence-electron chi connectivity index (χ2n) is 3.47. The molecule has 2 atom stereocenters. The number of carbonyl (C=O) groups excluding carboxylic acids is 1. The maximum Gasteiger partial charge on any atom is 0.269 e. The van der Waals surface area contributed by atoms with Crippen molar-refractivity contribution in [1.29, 1.82) is 0 Å². The monoisotopic (exact) mass is 238 g/mol. The van der Waals surface area contributed by atoms with E-state index in [4.69, 9.17) is 0 Å². The van der Waals surface area contributed by atoms with Crippen molar-refractivity contribution in [3.63, 3.8) is 0 Å². The highest BCUT2D eigenvalue weighted by molar-refractivity contribution is 7.99. The van der Waals surface area contributed by atoms with Crippen LogP contribution in [0.25, 0.3) is 0 Å². The van der Waals surface area contributed by atoms with Crippen molar-refractivity contribution < 1.29 is 9.72 Å². The largest absolute Gasteiger partial charge is 0.302 e. The number of hydrogen-bond acceptors (Lipinski definition) is 5. The first-order valence-electron chi connectivity index (χ1n) is 4.78. The zero-order valence-corrected chi connectivity index (χ0v) is 9.15. The zero-order valence-electron chi connectivity index (χ0n) is 8.33. The molecule has 1 fully saturated rings. The Morgan fingerprint density at radius 1 is 1.44 bits per heavy atom. The Morgan fingerprint density at radius 2 is 2.12 bits per heavy atom. The van der Waals surface area contributed by atoms with Gasteiger partial charge in [-0.05, 0) is 17.7 Å². The highest BCUT2D eigenvalue weighted by Gasteiger charge is 2.25. The summed E-state index contributed by atoms with van der Waals surface area (Å²) < 4.78 is 0. The van der Waals surface area contributed by atoms with Crippen molar-refractivity contribution in [2.24, 2.45) is 0 Å². The van der Waals surface area contributed by atoms with E-state index in [0.717, 1.165) is 17.6 Å². The fourth-order valence-corrected chi connectivity index (χ4v) is 2.73. The van der Waals surface area contributed by atoms with Gasteiger partial charge in [-0.1, -0.05) is 0 Å². The number of carbonyl (C=O) groups is 1. The molecular weight excluding hydrogens is 228 g/mol. The lowest BCUT2D eigenvalue weighted by atomic mass is 10.2. The SMILES string of the molecule is O=CC1CSC(c2ccc([N+](=O)[O-])cc2)N1. The maximum atomic E-state index is 10.6. The van der Waals surface area contributed by atoms with Crippen molar-refractivity contribution in [1.82, 2.24) is 5.32 Å². The molecule has 1 saturated heterocycles. The van der Waals surface area contributed by atoms with Gasteiger partial charge in [-0.2, -0.15) is 0 Å². The van der Waals surface area contributed by atoms with E-state index < -0.39 is 4.92 Å². The number of thioether (sulfide) groups is 1. The number of nitro groups is 1. The van der Waals surface area contributed by atoms with E-state index in [2.05, 4.69) is 5.32 Å². The minimum absolute atomic E-state index is 0.0519. The second-order valence-corrected chi connectivity index (χ2v) is 4.61. The fourth-order valence-electron chi connectivity index (χ4n) is 1.53. The van der Waals surface area contributed by atoms with Gasteiger partial charge in [-0.3, -0.25) is 15.4 Å². The molecule has 5 nitrogen and oxygen atoms in total. The molecule has 0 bridgehead atoms. The average Bonchev–Trinajstić information content (AvgIpc) is 2.77. The molecule has 1 aliphatic rings. The quantitative estimate of drug-likeness (QED) is 0.491. The van der Waals surface area contributed by atoms with E-state index in [1.165, 1.54) is 12.1 Å². The molecule has 0 radical (unpaired) electrons. The average molecular weight is 238 g/mol. The third-order valence-electron chi connectivity index (χ3n) is 2.38. The van der Waals surface area contributed by atoms with E-state index in [9.17, 15) is 14.9 Å². The molecule has 1 aromatic rings. The summed E-state index contributed by atoms with van der Waals surface area (Å²) in [5.41, 5.74) is 1.04. The number of benzene rings is 1. The molecule has 2 unspecified atom stereocenters. The van der Waals surface area contributed by atoms with Crippen molar-refractivity contribution in [2.75, 3.05) is 5.75 Å². The fraction of sp³-hybridized carbons (Fsp3) is 0.300. The zero-order chi connectivity index (χ0) is 11.5. The van der Waals surface area contributed by atoms with Gasteiger partial charge in [0.1, 0.15) is 6.29 Å². The van der Waals surface area contributed by atoms with Crippen LogP contribution in [0.5, 0.6) is 0 Å². The molecule has 0 saturated carbocycles. The number of nitrogens with zero attached hydrogens (tertiary/aromatic N) is 1. The minimum Gasteiger partial charge on any atom is -0.302 e. The van der Waals surface area contributed by atoms with Crippen LogP contribution >= 0.6 is 11.8 Å². The van der Waals surface area contributed by atoms with Crippen molar-refractivity contribution in [2.45, 2.75) is 11.4 Å². The van der Waals surface area contributed by atoms with Gasteiger partial charge in [0, 0.05) is 17.9 Å². The number of non-ortho nitro benzene ring substituents is 1. The van der Waals surface area contributed by atoms with E-state index >= 15 is 0 Å². The van der Waals surface area contributed by atoms with Gasteiger partial charge in [0.15, 0.2) is 0 Å². The van der Waals surface area contributed by atoms with Crippen LogP contribution in [-0.4, -0.2) is 23.0 Å². The molecule has 6 heteroatoms. The Kier molecular flexibility index (Phi) is 3.21. The summed E-state index contributed by atoms with van der Waals surface area (Å²) in [5, 5.41) is 13.7. The summed E-state index contributed by atoms with van der Waals surface area (Å²) in [6.45, 7) is 0. The first-order chi connectivity index (χ1) is 7.70. The van der Waals surface area contributed by atoms with E-state index in [0.29, 0.717) is 0 Å². The normalized spacial score (nSPS) is 24.2. The minimum atomic E-state index is -0.423. The summed E-state index contributed by atoms with van der Waals surface area (Å²) in [6, 6.07) is 6.27. The van der Waals surface area contributed by atoms with Crippen molar-refractivity contribution >= 4 is 23.7 Å². The van der Waals surface area contributed by atoms with Gasteiger partial charge in [0.25, 0.3) is 5.69 Å². The Balaban J connectivity index is 2.10. The Hall–Kier alpha value is -1.40. The maximum absolute atomic E-state index is 10.6. The van der Waals surface area contributed by atoms with Crippen LogP contribution in [-0.2, 0) is 4.79 Å². The highest BCUT2D eigenvalue weighted by Crippen LogP contribution is 2.32. The molecular formula is C10H10N2O3S. The number of nitrogens with one attached hydrogen (secondary N) is 1. The molecule has 84 valence electrons. The van der Waals surface area contributed by atoms with E-state index in [-0.39, 0.29) is 17.1 Å². The molecule has 1 heterocycles. The van der Waals surface area contributed by atoms with Crippen molar-refractivity contribution in [3.05, 3.63) is 39.9 Å². The predicted octanol–water partition coefficient (Wildman–Crippen LogP) is 1.50. The number of hydrogen-bond donors (Lipinski definition) is 1. The summed E-state index contributed by atoms with van der Waals surface area (Å²) in [6.07, 6.45) is 0.887.